The molecule has 0 fully saturated rings. The van der Waals surface area contributed by atoms with E-state index in [1.165, 1.54) is 16.7 Å². The van der Waals surface area contributed by atoms with E-state index in [2.05, 4.69) is 31.9 Å². The van der Waals surface area contributed by atoms with Crippen LogP contribution in [0.1, 0.15) is 23.1 Å². The third kappa shape index (κ3) is 3.90. The van der Waals surface area contributed by atoms with E-state index >= 15 is 0 Å². The molecule has 0 saturated heterocycles. The predicted molar refractivity (Wildman–Crippen MR) is 74.1 cm³/mol. The first-order chi connectivity index (χ1) is 8.10. The largest absolute Gasteiger partial charge is 0.496 e. The van der Waals surface area contributed by atoms with E-state index in [-0.39, 0.29) is 0 Å². The van der Waals surface area contributed by atoms with E-state index in [9.17, 15) is 0 Å². The Bertz CT molecular complexity index is 365. The van der Waals surface area contributed by atoms with Crippen molar-refractivity contribution < 1.29 is 4.74 Å². The minimum Gasteiger partial charge on any atom is -0.496 e. The summed E-state index contributed by atoms with van der Waals surface area (Å²) in [6.45, 7) is 6.26. The fourth-order valence-electron chi connectivity index (χ4n) is 1.94. The molecule has 0 atom stereocenters. The molecule has 96 valence electrons. The molecule has 0 aromatic heterocycles. The molecule has 1 rings (SSSR count). The lowest BCUT2D eigenvalue weighted by molar-refractivity contribution is 0.327. The zero-order valence-electron chi connectivity index (χ0n) is 11.2. The molecule has 0 aliphatic rings. The normalized spacial score (nSPS) is 10.9. The van der Waals surface area contributed by atoms with Crippen molar-refractivity contribution in [2.45, 2.75) is 26.8 Å². The summed E-state index contributed by atoms with van der Waals surface area (Å²) in [5.41, 5.74) is 3.91. The first-order valence-corrected chi connectivity index (χ1v) is 6.51. The summed E-state index contributed by atoms with van der Waals surface area (Å²) in [7, 11) is 3.85. The molecule has 0 saturated carbocycles. The maximum atomic E-state index is 5.70. The van der Waals surface area contributed by atoms with Crippen molar-refractivity contribution >= 4 is 11.6 Å². The van der Waals surface area contributed by atoms with Crippen molar-refractivity contribution in [3.63, 3.8) is 0 Å². The van der Waals surface area contributed by atoms with Gasteiger partial charge in [-0.3, -0.25) is 0 Å². The molecule has 0 aliphatic heterocycles. The molecule has 0 spiro atoms. The maximum absolute atomic E-state index is 5.70. The van der Waals surface area contributed by atoms with E-state index in [1.54, 1.807) is 7.11 Å². The zero-order valence-corrected chi connectivity index (χ0v) is 12.0. The van der Waals surface area contributed by atoms with Gasteiger partial charge in [0.1, 0.15) is 5.75 Å². The average Bonchev–Trinajstić information content (AvgIpc) is 2.33. The lowest BCUT2D eigenvalue weighted by Gasteiger charge is -2.19. The minimum absolute atomic E-state index is 0.727. The maximum Gasteiger partial charge on any atom is 0.122 e. The molecule has 17 heavy (non-hydrogen) atoms. The topological polar surface area (TPSA) is 12.5 Å². The molecule has 1 aromatic rings. The second-order valence-electron chi connectivity index (χ2n) is 4.46. The van der Waals surface area contributed by atoms with E-state index in [0.717, 1.165) is 31.1 Å². The number of hydrogen-bond acceptors (Lipinski definition) is 2. The Labute approximate surface area is 110 Å². The average molecular weight is 256 g/mol. The molecule has 0 aliphatic carbocycles. The third-order valence-corrected chi connectivity index (χ3v) is 3.45. The van der Waals surface area contributed by atoms with Crippen LogP contribution in [0, 0.1) is 13.8 Å². The van der Waals surface area contributed by atoms with Gasteiger partial charge in [-0.15, -0.1) is 11.6 Å². The fraction of sp³-hybridized carbons (Fsp3) is 0.571. The Balaban J connectivity index is 2.75. The monoisotopic (exact) mass is 255 g/mol. The van der Waals surface area contributed by atoms with Gasteiger partial charge in [-0.25, -0.2) is 0 Å². The number of ether oxygens (including phenoxy) is 1. The highest BCUT2D eigenvalue weighted by molar-refractivity contribution is 6.17. The summed E-state index contributed by atoms with van der Waals surface area (Å²) < 4.78 is 5.32. The number of benzene rings is 1. The highest BCUT2D eigenvalue weighted by Crippen LogP contribution is 2.24. The van der Waals surface area contributed by atoms with Crippen LogP contribution in [0.15, 0.2) is 12.1 Å². The van der Waals surface area contributed by atoms with Crippen LogP contribution in [-0.2, 0) is 6.54 Å². The second kappa shape index (κ2) is 6.87. The van der Waals surface area contributed by atoms with Gasteiger partial charge < -0.3 is 9.64 Å². The molecule has 0 bridgehead atoms. The molecular weight excluding hydrogens is 234 g/mol. The Hall–Kier alpha value is -0.730. The Morgan fingerprint density at radius 3 is 2.53 bits per heavy atom. The van der Waals surface area contributed by atoms with E-state index < -0.39 is 0 Å². The van der Waals surface area contributed by atoms with Crippen LogP contribution in [0.5, 0.6) is 5.75 Å². The lowest BCUT2D eigenvalue weighted by atomic mass is 10.0. The van der Waals surface area contributed by atoms with Gasteiger partial charge in [0.25, 0.3) is 0 Å². The van der Waals surface area contributed by atoms with Crippen LogP contribution >= 0.6 is 11.6 Å². The van der Waals surface area contributed by atoms with E-state index in [4.69, 9.17) is 16.3 Å². The summed E-state index contributed by atoms with van der Waals surface area (Å²) >= 11 is 5.70. The van der Waals surface area contributed by atoms with Gasteiger partial charge in [-0.05, 0) is 56.6 Å². The molecular formula is C14H22ClNO. The first kappa shape index (κ1) is 14.3. The van der Waals surface area contributed by atoms with Crippen molar-refractivity contribution in [1.82, 2.24) is 4.90 Å². The van der Waals surface area contributed by atoms with Crippen molar-refractivity contribution in [3.05, 3.63) is 28.8 Å². The standard InChI is InChI=1S/C14H22ClNO/c1-11-12(2)14(17-4)7-6-13(11)10-16(3)9-5-8-15/h6-7H,5,8-10H2,1-4H3. The smallest absolute Gasteiger partial charge is 0.122 e. The van der Waals surface area contributed by atoms with Crippen LogP contribution < -0.4 is 4.74 Å². The highest BCUT2D eigenvalue weighted by Gasteiger charge is 2.08. The molecule has 0 unspecified atom stereocenters. The molecule has 3 heteroatoms. The number of alkyl halides is 1. The molecule has 0 radical (unpaired) electrons. The number of halogens is 1. The number of hydrogen-bond donors (Lipinski definition) is 0. The molecule has 0 amide bonds. The number of methoxy groups -OCH3 is 1. The Morgan fingerprint density at radius 2 is 1.94 bits per heavy atom. The third-order valence-electron chi connectivity index (χ3n) is 3.18. The van der Waals surface area contributed by atoms with Crippen LogP contribution in [0.25, 0.3) is 0 Å². The highest BCUT2D eigenvalue weighted by atomic mass is 35.5. The second-order valence-corrected chi connectivity index (χ2v) is 4.84. The van der Waals surface area contributed by atoms with Crippen molar-refractivity contribution in [2.24, 2.45) is 0 Å². The summed E-state index contributed by atoms with van der Waals surface area (Å²) in [6.07, 6.45) is 1.03. The van der Waals surface area contributed by atoms with Gasteiger partial charge in [0.05, 0.1) is 7.11 Å². The van der Waals surface area contributed by atoms with Crippen LogP contribution in [0.2, 0.25) is 0 Å². The van der Waals surface area contributed by atoms with Gasteiger partial charge in [-0.2, -0.15) is 0 Å². The Kier molecular flexibility index (Phi) is 5.79. The molecule has 0 heterocycles. The predicted octanol–water partition coefficient (Wildman–Crippen LogP) is 3.37. The summed E-state index contributed by atoms with van der Waals surface area (Å²) in [5.74, 6) is 1.69. The van der Waals surface area contributed by atoms with Crippen LogP contribution in [-0.4, -0.2) is 31.5 Å². The van der Waals surface area contributed by atoms with E-state index in [0.29, 0.717) is 0 Å². The van der Waals surface area contributed by atoms with Gasteiger partial charge >= 0.3 is 0 Å². The van der Waals surface area contributed by atoms with Crippen LogP contribution in [0.3, 0.4) is 0 Å². The quantitative estimate of drug-likeness (QED) is 0.723. The van der Waals surface area contributed by atoms with Gasteiger partial charge in [0.2, 0.25) is 0 Å². The van der Waals surface area contributed by atoms with Gasteiger partial charge in [-0.1, -0.05) is 6.07 Å². The first-order valence-electron chi connectivity index (χ1n) is 5.97. The lowest BCUT2D eigenvalue weighted by Crippen LogP contribution is -2.20. The molecule has 1 aromatic carbocycles. The van der Waals surface area contributed by atoms with Crippen molar-refractivity contribution in [1.29, 1.82) is 0 Å². The van der Waals surface area contributed by atoms with E-state index in [1.807, 2.05) is 6.07 Å². The SMILES string of the molecule is COc1ccc(CN(C)CCCCl)c(C)c1C. The Morgan fingerprint density at radius 1 is 1.24 bits per heavy atom. The molecule has 0 N–H and O–H groups in total. The number of nitrogens with zero attached hydrogens (tertiary/aromatic N) is 1. The molecule has 2 nitrogen and oxygen atoms in total. The van der Waals surface area contributed by atoms with Gasteiger partial charge in [0, 0.05) is 12.4 Å². The van der Waals surface area contributed by atoms with Crippen molar-refractivity contribution in [2.75, 3.05) is 26.6 Å². The summed E-state index contributed by atoms with van der Waals surface area (Å²) in [6, 6.07) is 4.20. The fourth-order valence-corrected chi connectivity index (χ4v) is 2.06. The zero-order chi connectivity index (χ0) is 12.8. The van der Waals surface area contributed by atoms with Crippen LogP contribution in [0.4, 0.5) is 0 Å². The minimum atomic E-state index is 0.727. The summed E-state index contributed by atoms with van der Waals surface area (Å²) in [4.78, 5) is 2.30. The number of rotatable bonds is 6. The summed E-state index contributed by atoms with van der Waals surface area (Å²) in [5, 5.41) is 0. The van der Waals surface area contributed by atoms with Gasteiger partial charge in [0.15, 0.2) is 0 Å². The van der Waals surface area contributed by atoms with Crippen molar-refractivity contribution in [3.8, 4) is 5.75 Å².